The van der Waals surface area contributed by atoms with Crippen molar-refractivity contribution in [1.29, 1.82) is 0 Å². The third kappa shape index (κ3) is 42.7. The lowest BCUT2D eigenvalue weighted by atomic mass is 10.6. The van der Waals surface area contributed by atoms with Gasteiger partial charge in [-0.15, -0.1) is 0 Å². The van der Waals surface area contributed by atoms with E-state index >= 15 is 0 Å². The SMILES string of the molecule is NC(O)COCCO.O=S(=O)(O)CCO.OCCOCCO. The van der Waals surface area contributed by atoms with Gasteiger partial charge in [0.1, 0.15) is 6.23 Å². The van der Waals surface area contributed by atoms with Gasteiger partial charge < -0.3 is 40.7 Å². The Morgan fingerprint density at radius 3 is 1.50 bits per heavy atom. The van der Waals surface area contributed by atoms with Crippen LogP contribution in [0.15, 0.2) is 0 Å². The van der Waals surface area contributed by atoms with E-state index in [0.29, 0.717) is 13.2 Å². The molecule has 0 saturated carbocycles. The minimum atomic E-state index is -3.92. The van der Waals surface area contributed by atoms with Gasteiger partial charge in [-0.1, -0.05) is 0 Å². The number of hydrogen-bond acceptors (Lipinski definition) is 10. The van der Waals surface area contributed by atoms with Crippen LogP contribution >= 0.6 is 0 Å². The summed E-state index contributed by atoms with van der Waals surface area (Å²) >= 11 is 0. The van der Waals surface area contributed by atoms with Gasteiger partial charge in [-0.2, -0.15) is 8.42 Å². The number of nitrogens with two attached hydrogens (primary N) is 1. The van der Waals surface area contributed by atoms with E-state index in [0.717, 1.165) is 0 Å². The molecular weight excluding hydrogens is 326 g/mol. The van der Waals surface area contributed by atoms with Crippen LogP contribution < -0.4 is 5.73 Å². The number of hydrogen-bond donors (Lipinski definition) is 7. The van der Waals surface area contributed by atoms with E-state index in [9.17, 15) is 8.42 Å². The number of aliphatic hydroxyl groups excluding tert-OH is 5. The molecule has 11 nitrogen and oxygen atoms in total. The molecule has 0 saturated heterocycles. The third-order valence-electron chi connectivity index (χ3n) is 1.34. The summed E-state index contributed by atoms with van der Waals surface area (Å²) in [6.45, 7) is 0.446. The van der Waals surface area contributed by atoms with Gasteiger partial charge in [0.05, 0.1) is 58.6 Å². The Morgan fingerprint density at radius 2 is 1.27 bits per heavy atom. The quantitative estimate of drug-likeness (QED) is 0.115. The lowest BCUT2D eigenvalue weighted by Crippen LogP contribution is -2.25. The fourth-order valence-corrected chi connectivity index (χ4v) is 0.846. The maximum atomic E-state index is 9.63. The molecule has 138 valence electrons. The van der Waals surface area contributed by atoms with Crippen LogP contribution in [-0.4, -0.2) is 103 Å². The Hall–Kier alpha value is -0.410. The van der Waals surface area contributed by atoms with Gasteiger partial charge in [0.15, 0.2) is 0 Å². The van der Waals surface area contributed by atoms with Crippen molar-refractivity contribution in [2.24, 2.45) is 5.73 Å². The van der Waals surface area contributed by atoms with Crippen LogP contribution in [0.25, 0.3) is 0 Å². The first-order chi connectivity index (χ1) is 10.2. The van der Waals surface area contributed by atoms with E-state index < -0.39 is 28.7 Å². The summed E-state index contributed by atoms with van der Waals surface area (Å²) in [6.07, 6.45) is -0.929. The van der Waals surface area contributed by atoms with Gasteiger partial charge in [-0.3, -0.25) is 4.55 Å². The van der Waals surface area contributed by atoms with Crippen molar-refractivity contribution in [3.8, 4) is 0 Å². The Bertz CT molecular complexity index is 281. The second-order valence-corrected chi connectivity index (χ2v) is 5.01. The Kier molecular flexibility index (Phi) is 24.8. The molecule has 0 amide bonds. The highest BCUT2D eigenvalue weighted by Crippen LogP contribution is 1.76. The molecule has 0 aromatic rings. The first-order valence-electron chi connectivity index (χ1n) is 6.22. The van der Waals surface area contributed by atoms with Gasteiger partial charge in [0.2, 0.25) is 0 Å². The molecule has 0 bridgehead atoms. The summed E-state index contributed by atoms with van der Waals surface area (Å²) < 4.78 is 36.3. The molecule has 0 fully saturated rings. The zero-order valence-electron chi connectivity index (χ0n) is 12.2. The van der Waals surface area contributed by atoms with Crippen molar-refractivity contribution in [3.63, 3.8) is 0 Å². The van der Waals surface area contributed by atoms with E-state index in [4.69, 9.17) is 35.8 Å². The van der Waals surface area contributed by atoms with E-state index in [2.05, 4.69) is 9.47 Å². The van der Waals surface area contributed by atoms with Crippen molar-refractivity contribution in [1.82, 2.24) is 0 Å². The Morgan fingerprint density at radius 1 is 0.864 bits per heavy atom. The fraction of sp³-hybridized carbons (Fsp3) is 1.00. The molecule has 8 N–H and O–H groups in total. The van der Waals surface area contributed by atoms with E-state index in [-0.39, 0.29) is 33.0 Å². The highest BCUT2D eigenvalue weighted by Gasteiger charge is 1.99. The molecule has 0 aromatic heterocycles. The van der Waals surface area contributed by atoms with E-state index in [1.54, 1.807) is 0 Å². The van der Waals surface area contributed by atoms with Crippen LogP contribution in [0.4, 0.5) is 0 Å². The number of ether oxygens (including phenoxy) is 2. The predicted octanol–water partition coefficient (Wildman–Crippen LogP) is -3.87. The van der Waals surface area contributed by atoms with Crippen molar-refractivity contribution in [2.75, 3.05) is 58.6 Å². The summed E-state index contributed by atoms with van der Waals surface area (Å²) in [4.78, 5) is 0. The molecule has 12 heteroatoms. The van der Waals surface area contributed by atoms with Crippen LogP contribution in [0.3, 0.4) is 0 Å². The fourth-order valence-electron chi connectivity index (χ4n) is 0.615. The van der Waals surface area contributed by atoms with Crippen LogP contribution in [0.1, 0.15) is 0 Å². The summed E-state index contributed by atoms with van der Waals surface area (Å²) in [7, 11) is -3.92. The van der Waals surface area contributed by atoms with Crippen LogP contribution in [0.5, 0.6) is 0 Å². The molecule has 22 heavy (non-hydrogen) atoms. The highest BCUT2D eigenvalue weighted by atomic mass is 32.2. The smallest absolute Gasteiger partial charge is 0.267 e. The van der Waals surface area contributed by atoms with Crippen molar-refractivity contribution >= 4 is 10.1 Å². The first-order valence-corrected chi connectivity index (χ1v) is 7.83. The lowest BCUT2D eigenvalue weighted by Gasteiger charge is -2.02. The van der Waals surface area contributed by atoms with Crippen molar-refractivity contribution in [2.45, 2.75) is 6.23 Å². The molecule has 0 aliphatic carbocycles. The molecule has 0 aliphatic heterocycles. The molecule has 0 aromatic carbocycles. The maximum Gasteiger partial charge on any atom is 0.267 e. The third-order valence-corrected chi connectivity index (χ3v) is 2.04. The monoisotopic (exact) mass is 353 g/mol. The summed E-state index contributed by atoms with van der Waals surface area (Å²) in [5.74, 6) is -0.576. The molecule has 0 rings (SSSR count). The van der Waals surface area contributed by atoms with Gasteiger partial charge in [-0.25, -0.2) is 0 Å². The molecule has 0 aliphatic rings. The van der Waals surface area contributed by atoms with Gasteiger partial charge in [0.25, 0.3) is 10.1 Å². The number of rotatable bonds is 10. The second kappa shape index (κ2) is 20.6. The highest BCUT2D eigenvalue weighted by molar-refractivity contribution is 7.85. The number of aliphatic hydroxyl groups is 5. The van der Waals surface area contributed by atoms with E-state index in [1.807, 2.05) is 0 Å². The zero-order chi connectivity index (χ0) is 17.9. The second-order valence-electron chi connectivity index (χ2n) is 3.44. The minimum absolute atomic E-state index is 0.0278. The van der Waals surface area contributed by atoms with Crippen molar-refractivity contribution < 1.29 is 48.0 Å². The van der Waals surface area contributed by atoms with Crippen molar-refractivity contribution in [3.05, 3.63) is 0 Å². The molecule has 1 unspecified atom stereocenters. The van der Waals surface area contributed by atoms with Crippen LogP contribution in [0.2, 0.25) is 0 Å². The molecule has 0 spiro atoms. The van der Waals surface area contributed by atoms with Gasteiger partial charge in [0, 0.05) is 0 Å². The van der Waals surface area contributed by atoms with Gasteiger partial charge >= 0.3 is 0 Å². The van der Waals surface area contributed by atoms with E-state index in [1.165, 1.54) is 0 Å². The average molecular weight is 353 g/mol. The van der Waals surface area contributed by atoms with Crippen LogP contribution in [0, 0.1) is 0 Å². The standard InChI is InChI=1S/C4H11NO3.C4H10O3.C2H6O4S/c5-4(7)3-8-2-1-6;5-1-3-7-4-2-6;3-1-2-7(4,5)6/h4,6-7H,1-3,5H2;5-6H,1-4H2;3H,1-2H2,(H,4,5,6). The molecule has 1 atom stereocenters. The topological polar surface area (TPSA) is 200 Å². The Balaban J connectivity index is -0.000000247. The molecule has 0 radical (unpaired) electrons. The van der Waals surface area contributed by atoms with Crippen LogP contribution in [-0.2, 0) is 19.6 Å². The summed E-state index contributed by atoms with van der Waals surface area (Å²) in [6, 6.07) is 0. The maximum absolute atomic E-state index is 9.63. The first kappa shape index (κ1) is 26.5. The normalized spacial score (nSPS) is 11.8. The molecular formula is C10H27NO10S. The molecule has 0 heterocycles. The lowest BCUT2D eigenvalue weighted by molar-refractivity contribution is 0.0243. The summed E-state index contributed by atoms with van der Waals surface area (Å²) in [5, 5.41) is 40.5. The average Bonchev–Trinajstić information content (AvgIpc) is 2.39. The summed E-state index contributed by atoms with van der Waals surface area (Å²) in [5.41, 5.74) is 4.88. The largest absolute Gasteiger partial charge is 0.395 e. The zero-order valence-corrected chi connectivity index (χ0v) is 13.1. The minimum Gasteiger partial charge on any atom is -0.395 e. The predicted molar refractivity (Wildman–Crippen MR) is 76.6 cm³/mol. The van der Waals surface area contributed by atoms with Gasteiger partial charge in [-0.05, 0) is 0 Å². The Labute approximate surface area is 129 Å².